The molecule has 7 heteroatoms. The van der Waals surface area contributed by atoms with Gasteiger partial charge in [-0.3, -0.25) is 4.90 Å². The zero-order valence-electron chi connectivity index (χ0n) is 10.2. The van der Waals surface area contributed by atoms with Crippen LogP contribution in [0.15, 0.2) is 29.2 Å². The smallest absolute Gasteiger partial charge is 0.240 e. The summed E-state index contributed by atoms with van der Waals surface area (Å²) in [7, 11) is -3.42. The number of thiol groups is 2. The molecule has 0 unspecified atom stereocenters. The van der Waals surface area contributed by atoms with Crippen LogP contribution in [0, 0.1) is 6.92 Å². The summed E-state index contributed by atoms with van der Waals surface area (Å²) in [5, 5.41) is 0. The van der Waals surface area contributed by atoms with Gasteiger partial charge in [0.25, 0.3) is 0 Å². The summed E-state index contributed by atoms with van der Waals surface area (Å²) in [6, 6.07) is 6.77. The quantitative estimate of drug-likeness (QED) is 0.526. The highest BCUT2D eigenvalue weighted by molar-refractivity contribution is 7.89. The highest BCUT2D eigenvalue weighted by Crippen LogP contribution is 2.09. The van der Waals surface area contributed by atoms with Crippen molar-refractivity contribution in [2.45, 2.75) is 11.8 Å². The lowest BCUT2D eigenvalue weighted by Crippen LogP contribution is -2.34. The van der Waals surface area contributed by atoms with Crippen molar-refractivity contribution in [3.05, 3.63) is 29.8 Å². The lowest BCUT2D eigenvalue weighted by molar-refractivity contribution is 0.384. The van der Waals surface area contributed by atoms with Crippen LogP contribution in [0.25, 0.3) is 0 Å². The van der Waals surface area contributed by atoms with Gasteiger partial charge in [-0.2, -0.15) is 25.3 Å². The van der Waals surface area contributed by atoms with Gasteiger partial charge in [-0.1, -0.05) is 17.7 Å². The summed E-state index contributed by atoms with van der Waals surface area (Å²) < 4.78 is 26.4. The monoisotopic (exact) mass is 306 g/mol. The molecule has 0 atom stereocenters. The molecule has 1 aromatic rings. The second kappa shape index (κ2) is 7.40. The molecule has 1 N–H and O–H groups in total. The van der Waals surface area contributed by atoms with Crippen molar-refractivity contribution in [1.29, 1.82) is 0 Å². The Balaban J connectivity index is 2.57. The predicted molar refractivity (Wildman–Crippen MR) is 80.8 cm³/mol. The summed E-state index contributed by atoms with van der Waals surface area (Å²) >= 11 is 8.24. The van der Waals surface area contributed by atoms with E-state index in [4.69, 9.17) is 0 Å². The van der Waals surface area contributed by atoms with Gasteiger partial charge in [0.05, 0.1) is 4.90 Å². The normalized spacial score (nSPS) is 12.0. The SMILES string of the molecule is Cc1ccc(S(=O)(=O)NCCN(CS)CS)cc1. The number of hydrogen-bond acceptors (Lipinski definition) is 5. The van der Waals surface area contributed by atoms with Crippen LogP contribution in [-0.4, -0.2) is 38.2 Å². The van der Waals surface area contributed by atoms with Gasteiger partial charge in [-0.25, -0.2) is 13.1 Å². The first-order valence-corrected chi connectivity index (χ1v) is 8.25. The van der Waals surface area contributed by atoms with Crippen molar-refractivity contribution in [2.75, 3.05) is 24.8 Å². The zero-order valence-corrected chi connectivity index (χ0v) is 12.8. The third-order valence-corrected chi connectivity index (χ3v) is 4.73. The lowest BCUT2D eigenvalue weighted by atomic mass is 10.2. The first-order valence-electron chi connectivity index (χ1n) is 5.50. The zero-order chi connectivity index (χ0) is 13.6. The van der Waals surface area contributed by atoms with E-state index in [2.05, 4.69) is 30.0 Å². The summed E-state index contributed by atoms with van der Waals surface area (Å²) in [6.45, 7) is 2.84. The largest absolute Gasteiger partial charge is 0.284 e. The molecule has 0 bridgehead atoms. The van der Waals surface area contributed by atoms with Crippen LogP contribution < -0.4 is 4.72 Å². The molecule has 0 spiro atoms. The molecule has 0 aliphatic heterocycles. The van der Waals surface area contributed by atoms with Crippen molar-refractivity contribution in [3.63, 3.8) is 0 Å². The van der Waals surface area contributed by atoms with Crippen LogP contribution in [0.4, 0.5) is 0 Å². The van der Waals surface area contributed by atoms with Crippen molar-refractivity contribution < 1.29 is 8.42 Å². The molecular weight excluding hydrogens is 288 g/mol. The Kier molecular flexibility index (Phi) is 6.51. The number of nitrogens with one attached hydrogen (secondary N) is 1. The molecule has 102 valence electrons. The molecule has 4 nitrogen and oxygen atoms in total. The fourth-order valence-electron chi connectivity index (χ4n) is 1.33. The Morgan fingerprint density at radius 2 is 1.72 bits per heavy atom. The molecule has 1 rings (SSSR count). The summed E-state index contributed by atoms with van der Waals surface area (Å²) in [4.78, 5) is 2.19. The van der Waals surface area contributed by atoms with E-state index < -0.39 is 10.0 Å². The van der Waals surface area contributed by atoms with Gasteiger partial charge in [0, 0.05) is 24.8 Å². The van der Waals surface area contributed by atoms with E-state index in [1.165, 1.54) is 0 Å². The molecule has 0 fully saturated rings. The maximum atomic E-state index is 11.9. The molecule has 0 heterocycles. The first kappa shape index (κ1) is 15.8. The minimum absolute atomic E-state index is 0.288. The van der Waals surface area contributed by atoms with Gasteiger partial charge in [-0.15, -0.1) is 0 Å². The minimum atomic E-state index is -3.42. The van der Waals surface area contributed by atoms with Gasteiger partial charge in [-0.05, 0) is 19.1 Å². The molecule has 0 aliphatic carbocycles. The third kappa shape index (κ3) is 4.81. The van der Waals surface area contributed by atoms with Gasteiger partial charge >= 0.3 is 0 Å². The number of aryl methyl sites for hydroxylation is 1. The van der Waals surface area contributed by atoms with Crippen LogP contribution in [0.1, 0.15) is 5.56 Å². The number of hydrogen-bond donors (Lipinski definition) is 3. The topological polar surface area (TPSA) is 49.4 Å². The lowest BCUT2D eigenvalue weighted by Gasteiger charge is -2.16. The molecule has 0 amide bonds. The van der Waals surface area contributed by atoms with Gasteiger partial charge in [0.15, 0.2) is 0 Å². The Morgan fingerprint density at radius 3 is 2.22 bits per heavy atom. The Hall–Kier alpha value is -0.210. The van der Waals surface area contributed by atoms with Crippen molar-refractivity contribution in [3.8, 4) is 0 Å². The van der Waals surface area contributed by atoms with E-state index in [1.807, 2.05) is 11.8 Å². The first-order chi connectivity index (χ1) is 8.49. The van der Waals surface area contributed by atoms with Crippen molar-refractivity contribution >= 4 is 35.3 Å². The minimum Gasteiger partial charge on any atom is -0.284 e. The van der Waals surface area contributed by atoms with E-state index in [1.54, 1.807) is 24.3 Å². The molecule has 0 radical (unpaired) electrons. The Morgan fingerprint density at radius 1 is 1.17 bits per heavy atom. The number of benzene rings is 1. The Bertz CT molecular complexity index is 456. The maximum Gasteiger partial charge on any atom is 0.240 e. The second-order valence-electron chi connectivity index (χ2n) is 3.89. The van der Waals surface area contributed by atoms with Crippen molar-refractivity contribution in [2.24, 2.45) is 0 Å². The van der Waals surface area contributed by atoms with E-state index in [0.29, 0.717) is 24.8 Å². The number of rotatable bonds is 7. The van der Waals surface area contributed by atoms with E-state index in [-0.39, 0.29) is 4.90 Å². The highest BCUT2D eigenvalue weighted by atomic mass is 32.2. The van der Waals surface area contributed by atoms with E-state index in [0.717, 1.165) is 5.56 Å². The van der Waals surface area contributed by atoms with Crippen LogP contribution in [0.5, 0.6) is 0 Å². The highest BCUT2D eigenvalue weighted by Gasteiger charge is 2.13. The molecule has 0 aliphatic rings. The van der Waals surface area contributed by atoms with E-state index >= 15 is 0 Å². The molecular formula is C11H18N2O2S3. The summed E-state index contributed by atoms with van der Waals surface area (Å²) in [5.41, 5.74) is 1.03. The molecule has 18 heavy (non-hydrogen) atoms. The summed E-state index contributed by atoms with van der Waals surface area (Å²) in [5.74, 6) is 1.10. The second-order valence-corrected chi connectivity index (χ2v) is 6.22. The fraction of sp³-hybridized carbons (Fsp3) is 0.455. The summed E-state index contributed by atoms with van der Waals surface area (Å²) in [6.07, 6.45) is 0. The average Bonchev–Trinajstić information content (AvgIpc) is 2.35. The maximum absolute atomic E-state index is 11.9. The molecule has 0 aromatic heterocycles. The molecule has 0 saturated carbocycles. The van der Waals surface area contributed by atoms with Crippen LogP contribution in [0.3, 0.4) is 0 Å². The van der Waals surface area contributed by atoms with Gasteiger partial charge in [0.1, 0.15) is 0 Å². The standard InChI is InChI=1S/C11H18N2O2S3/c1-10-2-4-11(5-3-10)18(14,15)12-6-7-13(8-16)9-17/h2-5,12,16-17H,6-9H2,1H3. The molecule has 0 saturated heterocycles. The van der Waals surface area contributed by atoms with Crippen LogP contribution in [0.2, 0.25) is 0 Å². The van der Waals surface area contributed by atoms with Crippen molar-refractivity contribution in [1.82, 2.24) is 9.62 Å². The number of nitrogens with zero attached hydrogens (tertiary/aromatic N) is 1. The van der Waals surface area contributed by atoms with Gasteiger partial charge < -0.3 is 0 Å². The van der Waals surface area contributed by atoms with Gasteiger partial charge in [0.2, 0.25) is 10.0 Å². The third-order valence-electron chi connectivity index (χ3n) is 2.45. The predicted octanol–water partition coefficient (Wildman–Crippen LogP) is 1.35. The Labute approximate surface area is 120 Å². The van der Waals surface area contributed by atoms with Crippen LogP contribution >= 0.6 is 25.3 Å². The molecule has 1 aromatic carbocycles. The number of sulfonamides is 1. The van der Waals surface area contributed by atoms with E-state index in [9.17, 15) is 8.42 Å². The van der Waals surface area contributed by atoms with Crippen LogP contribution in [-0.2, 0) is 10.0 Å². The average molecular weight is 306 g/mol. The fourth-order valence-corrected chi connectivity index (χ4v) is 2.99.